The fourth-order valence-corrected chi connectivity index (χ4v) is 2.27. The summed E-state index contributed by atoms with van der Waals surface area (Å²) in [6.45, 7) is 3.24. The molecule has 3 aromatic rings. The van der Waals surface area contributed by atoms with E-state index in [1.165, 1.54) is 0 Å². The topological polar surface area (TPSA) is 88.5 Å². The van der Waals surface area contributed by atoms with Gasteiger partial charge in [-0.05, 0) is 25.1 Å². The second kappa shape index (κ2) is 6.38. The summed E-state index contributed by atoms with van der Waals surface area (Å²) >= 11 is 0. The van der Waals surface area contributed by atoms with Crippen molar-refractivity contribution >= 4 is 17.1 Å². The van der Waals surface area contributed by atoms with Crippen LogP contribution in [0.5, 0.6) is 0 Å². The molecule has 3 rings (SSSR count). The van der Waals surface area contributed by atoms with Gasteiger partial charge < -0.3 is 10.3 Å². The molecule has 0 spiro atoms. The number of nitrogens with zero attached hydrogens (tertiary/aromatic N) is 4. The van der Waals surface area contributed by atoms with Crippen LogP contribution in [0.1, 0.15) is 17.9 Å². The maximum Gasteiger partial charge on any atom is 0.220 e. The summed E-state index contributed by atoms with van der Waals surface area (Å²) in [7, 11) is 0. The Morgan fingerprint density at radius 2 is 2.27 bits per heavy atom. The average Bonchev–Trinajstić information content (AvgIpc) is 3.11. The largest absolute Gasteiger partial charge is 0.354 e. The lowest BCUT2D eigenvalue weighted by molar-refractivity contribution is -0.121. The molecule has 0 saturated carbocycles. The van der Waals surface area contributed by atoms with Gasteiger partial charge in [-0.3, -0.25) is 9.48 Å². The summed E-state index contributed by atoms with van der Waals surface area (Å²) in [5, 5.41) is 7.07. The molecule has 0 bridgehead atoms. The fourth-order valence-electron chi connectivity index (χ4n) is 2.27. The molecule has 0 aromatic carbocycles. The van der Waals surface area contributed by atoms with Crippen LogP contribution in [0.4, 0.5) is 0 Å². The molecule has 0 atom stereocenters. The Labute approximate surface area is 127 Å². The van der Waals surface area contributed by atoms with Crippen molar-refractivity contribution in [1.29, 1.82) is 0 Å². The zero-order chi connectivity index (χ0) is 15.4. The smallest absolute Gasteiger partial charge is 0.220 e. The first-order valence-electron chi connectivity index (χ1n) is 7.27. The van der Waals surface area contributed by atoms with Crippen LogP contribution in [0.15, 0.2) is 30.6 Å². The number of hydrogen-bond acceptors (Lipinski definition) is 4. The van der Waals surface area contributed by atoms with E-state index in [4.69, 9.17) is 0 Å². The molecular weight excluding hydrogens is 280 g/mol. The SMILES string of the molecule is Cc1ccnn1CCNC(=O)CCc1nc2ncccc2[nH]1. The van der Waals surface area contributed by atoms with E-state index in [2.05, 4.69) is 25.4 Å². The molecule has 0 unspecified atom stereocenters. The van der Waals surface area contributed by atoms with Crippen molar-refractivity contribution in [3.8, 4) is 0 Å². The van der Waals surface area contributed by atoms with Crippen LogP contribution in [-0.2, 0) is 17.8 Å². The van der Waals surface area contributed by atoms with Crippen LogP contribution in [0.25, 0.3) is 11.2 Å². The predicted molar refractivity (Wildman–Crippen MR) is 82.2 cm³/mol. The van der Waals surface area contributed by atoms with Gasteiger partial charge in [-0.15, -0.1) is 0 Å². The zero-order valence-corrected chi connectivity index (χ0v) is 12.4. The van der Waals surface area contributed by atoms with Crippen molar-refractivity contribution in [2.24, 2.45) is 0 Å². The third-order valence-electron chi connectivity index (χ3n) is 3.47. The highest BCUT2D eigenvalue weighted by Gasteiger charge is 2.07. The van der Waals surface area contributed by atoms with Crippen LogP contribution >= 0.6 is 0 Å². The number of carbonyl (C=O) groups excluding carboxylic acids is 1. The van der Waals surface area contributed by atoms with Gasteiger partial charge in [0.2, 0.25) is 5.91 Å². The highest BCUT2D eigenvalue weighted by molar-refractivity contribution is 5.76. The zero-order valence-electron chi connectivity index (χ0n) is 12.4. The van der Waals surface area contributed by atoms with Gasteiger partial charge in [-0.2, -0.15) is 5.10 Å². The van der Waals surface area contributed by atoms with Crippen molar-refractivity contribution < 1.29 is 4.79 Å². The van der Waals surface area contributed by atoms with Gasteiger partial charge in [0.25, 0.3) is 0 Å². The highest BCUT2D eigenvalue weighted by Crippen LogP contribution is 2.08. The molecule has 7 heteroatoms. The molecular formula is C15H18N6O. The first-order valence-corrected chi connectivity index (χ1v) is 7.27. The van der Waals surface area contributed by atoms with E-state index >= 15 is 0 Å². The predicted octanol–water partition coefficient (Wildman–Crippen LogP) is 1.21. The monoisotopic (exact) mass is 298 g/mol. The molecule has 0 aliphatic heterocycles. The van der Waals surface area contributed by atoms with Crippen molar-refractivity contribution in [2.45, 2.75) is 26.3 Å². The Morgan fingerprint density at radius 1 is 1.36 bits per heavy atom. The van der Waals surface area contributed by atoms with Crippen molar-refractivity contribution in [2.75, 3.05) is 6.54 Å². The van der Waals surface area contributed by atoms with Crippen molar-refractivity contribution in [3.63, 3.8) is 0 Å². The van der Waals surface area contributed by atoms with Gasteiger partial charge in [-0.25, -0.2) is 9.97 Å². The lowest BCUT2D eigenvalue weighted by Gasteiger charge is -2.06. The van der Waals surface area contributed by atoms with Crippen LogP contribution in [0, 0.1) is 6.92 Å². The van der Waals surface area contributed by atoms with E-state index in [1.807, 2.05) is 29.8 Å². The minimum atomic E-state index is 0.0122. The second-order valence-electron chi connectivity index (χ2n) is 5.10. The first kappa shape index (κ1) is 14.2. The van der Waals surface area contributed by atoms with Gasteiger partial charge in [-0.1, -0.05) is 0 Å². The second-order valence-corrected chi connectivity index (χ2v) is 5.10. The number of aromatic amines is 1. The maximum absolute atomic E-state index is 11.8. The molecule has 22 heavy (non-hydrogen) atoms. The molecule has 3 aromatic heterocycles. The Bertz CT molecular complexity index is 742. The number of aromatic nitrogens is 5. The van der Waals surface area contributed by atoms with E-state index < -0.39 is 0 Å². The fraction of sp³-hybridized carbons (Fsp3) is 0.333. The number of H-pyrrole nitrogens is 1. The summed E-state index contributed by atoms with van der Waals surface area (Å²) < 4.78 is 1.87. The summed E-state index contributed by atoms with van der Waals surface area (Å²) in [6.07, 6.45) is 4.44. The molecule has 114 valence electrons. The number of amides is 1. The van der Waals surface area contributed by atoms with Gasteiger partial charge >= 0.3 is 0 Å². The van der Waals surface area contributed by atoms with Crippen molar-refractivity contribution in [1.82, 2.24) is 30.0 Å². The van der Waals surface area contributed by atoms with Crippen molar-refractivity contribution in [3.05, 3.63) is 42.1 Å². The van der Waals surface area contributed by atoms with Gasteiger partial charge in [0.05, 0.1) is 12.1 Å². The molecule has 0 fully saturated rings. The number of hydrogen-bond donors (Lipinski definition) is 2. The third-order valence-corrected chi connectivity index (χ3v) is 3.47. The maximum atomic E-state index is 11.8. The molecule has 7 nitrogen and oxygen atoms in total. The summed E-state index contributed by atoms with van der Waals surface area (Å²) in [5.41, 5.74) is 2.67. The minimum absolute atomic E-state index is 0.0122. The average molecular weight is 298 g/mol. The number of imidazole rings is 1. The summed E-state index contributed by atoms with van der Waals surface area (Å²) in [5.74, 6) is 0.796. The number of rotatable bonds is 6. The number of pyridine rings is 1. The van der Waals surface area contributed by atoms with E-state index in [9.17, 15) is 4.79 Å². The van der Waals surface area contributed by atoms with Crippen LogP contribution < -0.4 is 5.32 Å². The summed E-state index contributed by atoms with van der Waals surface area (Å²) in [6, 6.07) is 5.72. The Hall–Kier alpha value is -2.70. The minimum Gasteiger partial charge on any atom is -0.354 e. The van der Waals surface area contributed by atoms with E-state index in [1.54, 1.807) is 12.4 Å². The number of carbonyl (C=O) groups is 1. The number of nitrogens with one attached hydrogen (secondary N) is 2. The quantitative estimate of drug-likeness (QED) is 0.716. The van der Waals surface area contributed by atoms with Gasteiger partial charge in [0.15, 0.2) is 5.65 Å². The molecule has 0 aliphatic carbocycles. The van der Waals surface area contributed by atoms with E-state index in [0.29, 0.717) is 31.6 Å². The normalized spacial score (nSPS) is 11.0. The van der Waals surface area contributed by atoms with Gasteiger partial charge in [0.1, 0.15) is 5.82 Å². The van der Waals surface area contributed by atoms with E-state index in [-0.39, 0.29) is 5.91 Å². The first-order chi connectivity index (χ1) is 10.7. The third kappa shape index (κ3) is 3.30. The lowest BCUT2D eigenvalue weighted by atomic mass is 10.3. The van der Waals surface area contributed by atoms with Gasteiger partial charge in [0, 0.05) is 37.5 Å². The standard InChI is InChI=1S/C15H18N6O/c1-11-6-8-18-21(11)10-9-16-14(22)5-4-13-19-12-3-2-7-17-15(12)20-13/h2-3,6-8H,4-5,9-10H2,1H3,(H,16,22)(H,17,19,20). The molecule has 0 aliphatic rings. The van der Waals surface area contributed by atoms with Crippen LogP contribution in [0.3, 0.4) is 0 Å². The molecule has 1 amide bonds. The lowest BCUT2D eigenvalue weighted by Crippen LogP contribution is -2.28. The van der Waals surface area contributed by atoms with Crippen LogP contribution in [0.2, 0.25) is 0 Å². The molecule has 0 saturated heterocycles. The molecule has 0 radical (unpaired) electrons. The van der Waals surface area contributed by atoms with Crippen LogP contribution in [-0.4, -0.2) is 37.2 Å². The number of fused-ring (bicyclic) bond motifs is 1. The van der Waals surface area contributed by atoms with E-state index in [0.717, 1.165) is 17.0 Å². The Kier molecular flexibility index (Phi) is 4.13. The molecule has 3 heterocycles. The highest BCUT2D eigenvalue weighted by atomic mass is 16.1. The Balaban J connectivity index is 1.45. The number of aryl methyl sites for hydroxylation is 2. The molecule has 2 N–H and O–H groups in total. The Morgan fingerprint density at radius 3 is 3.05 bits per heavy atom. The summed E-state index contributed by atoms with van der Waals surface area (Å²) in [4.78, 5) is 23.5.